The summed E-state index contributed by atoms with van der Waals surface area (Å²) in [5.41, 5.74) is 5.35. The number of thiophene rings is 1. The van der Waals surface area contributed by atoms with Crippen LogP contribution in [0.2, 0.25) is 0 Å². The van der Waals surface area contributed by atoms with Gasteiger partial charge in [-0.05, 0) is 77.4 Å². The van der Waals surface area contributed by atoms with Gasteiger partial charge in [-0.3, -0.25) is 4.90 Å². The van der Waals surface area contributed by atoms with E-state index in [2.05, 4.69) is 68.8 Å². The van der Waals surface area contributed by atoms with Crippen LogP contribution in [0.5, 0.6) is 0 Å². The van der Waals surface area contributed by atoms with Crippen LogP contribution in [0.15, 0.2) is 23.2 Å². The summed E-state index contributed by atoms with van der Waals surface area (Å²) in [6.07, 6.45) is 0. The molecule has 4 rings (SSSR count). The molecule has 1 N–H and O–H groups in total. The Labute approximate surface area is 174 Å². The van der Waals surface area contributed by atoms with Gasteiger partial charge < -0.3 is 10.2 Å². The Morgan fingerprint density at radius 2 is 1.96 bits per heavy atom. The van der Waals surface area contributed by atoms with E-state index in [9.17, 15) is 0 Å². The van der Waals surface area contributed by atoms with E-state index >= 15 is 0 Å². The number of hydrogen-bond donors (Lipinski definition) is 1. The molecule has 1 unspecified atom stereocenters. The Morgan fingerprint density at radius 1 is 1.25 bits per heavy atom. The largest absolute Gasteiger partial charge is 0.348 e. The van der Waals surface area contributed by atoms with Gasteiger partial charge >= 0.3 is 0 Å². The van der Waals surface area contributed by atoms with Gasteiger partial charge in [0, 0.05) is 24.0 Å². The number of nitrogens with one attached hydrogen (secondary N) is 1. The number of piperazine rings is 1. The van der Waals surface area contributed by atoms with Crippen LogP contribution in [-0.2, 0) is 0 Å². The van der Waals surface area contributed by atoms with Crippen molar-refractivity contribution in [3.8, 4) is 0 Å². The second-order valence-corrected chi connectivity index (χ2v) is 9.84. The van der Waals surface area contributed by atoms with Crippen LogP contribution in [0.3, 0.4) is 0 Å². The maximum Gasteiger partial charge on any atom is 0.140 e. The number of aliphatic imine (C=N–C) groups is 1. The molecule has 4 nitrogen and oxygen atoms in total. The quantitative estimate of drug-likeness (QED) is 0.678. The minimum Gasteiger partial charge on any atom is -0.348 e. The molecule has 0 amide bonds. The number of anilines is 2. The van der Waals surface area contributed by atoms with E-state index in [-0.39, 0.29) is 5.54 Å². The van der Waals surface area contributed by atoms with Gasteiger partial charge in [0.15, 0.2) is 0 Å². The standard InChI is InChI=1S/C23H32N4S/c1-8-26-9-10-27(23(6,7)17(26)5)21-18-13-16(4)28-22(18)25-20-12-15(3)14(2)11-19(20)24-21/h11-13,17,25H,8-10H2,1-7H3/i13D. The zero-order chi connectivity index (χ0) is 21.1. The summed E-state index contributed by atoms with van der Waals surface area (Å²) in [7, 11) is 0. The average molecular weight is 398 g/mol. The van der Waals surface area contributed by atoms with E-state index in [1.54, 1.807) is 11.3 Å². The summed E-state index contributed by atoms with van der Waals surface area (Å²) in [4.78, 5) is 11.2. The van der Waals surface area contributed by atoms with Crippen molar-refractivity contribution in [1.82, 2.24) is 9.80 Å². The highest BCUT2D eigenvalue weighted by Crippen LogP contribution is 2.42. The molecular formula is C23H32N4S. The highest BCUT2D eigenvalue weighted by atomic mass is 32.1. The summed E-state index contributed by atoms with van der Waals surface area (Å²) in [6.45, 7) is 18.5. The lowest BCUT2D eigenvalue weighted by molar-refractivity contribution is 0.0207. The van der Waals surface area contributed by atoms with E-state index in [1.165, 1.54) is 11.1 Å². The van der Waals surface area contributed by atoms with E-state index in [1.807, 2.05) is 6.92 Å². The fraction of sp³-hybridized carbons (Fsp3) is 0.522. The zero-order valence-electron chi connectivity index (χ0n) is 19.1. The number of rotatable bonds is 1. The number of benzene rings is 1. The molecule has 0 spiro atoms. The molecule has 5 heteroatoms. The van der Waals surface area contributed by atoms with Crippen molar-refractivity contribution >= 4 is 33.5 Å². The third-order valence-corrected chi connectivity index (χ3v) is 7.55. The minimum atomic E-state index is -0.0864. The van der Waals surface area contributed by atoms with Crippen molar-refractivity contribution < 1.29 is 1.37 Å². The monoisotopic (exact) mass is 397 g/mol. The van der Waals surface area contributed by atoms with E-state index < -0.39 is 0 Å². The maximum atomic E-state index is 8.80. The third-order valence-electron chi connectivity index (χ3n) is 6.63. The first kappa shape index (κ1) is 18.2. The molecule has 2 aliphatic heterocycles. The lowest BCUT2D eigenvalue weighted by Crippen LogP contribution is -2.65. The molecule has 2 aliphatic rings. The summed E-state index contributed by atoms with van der Waals surface area (Å²) in [6, 6.07) is 5.35. The molecule has 1 atom stereocenters. The number of hydrogen-bond acceptors (Lipinski definition) is 5. The van der Waals surface area contributed by atoms with Crippen LogP contribution < -0.4 is 5.32 Å². The topological polar surface area (TPSA) is 30.9 Å². The number of aryl methyl sites for hydroxylation is 3. The lowest BCUT2D eigenvalue weighted by Gasteiger charge is -2.53. The van der Waals surface area contributed by atoms with Crippen LogP contribution in [0.25, 0.3) is 0 Å². The fourth-order valence-corrected chi connectivity index (χ4v) is 5.25. The highest BCUT2D eigenvalue weighted by Gasteiger charge is 2.42. The SMILES string of the molecule is [2H]c1c(C)sc2c1C(N1CCN(CC)C(C)C1(C)C)=Nc1cc(C)c(C)cc1N2. The first-order valence-electron chi connectivity index (χ1n) is 10.7. The van der Waals surface area contributed by atoms with Gasteiger partial charge in [0.05, 0.1) is 23.8 Å². The summed E-state index contributed by atoms with van der Waals surface area (Å²) in [5.74, 6) is 0.941. The van der Waals surface area contributed by atoms with Gasteiger partial charge in [0.25, 0.3) is 0 Å². The maximum absolute atomic E-state index is 8.80. The molecule has 28 heavy (non-hydrogen) atoms. The smallest absolute Gasteiger partial charge is 0.140 e. The molecule has 0 bridgehead atoms. The first-order chi connectivity index (χ1) is 13.6. The highest BCUT2D eigenvalue weighted by molar-refractivity contribution is 7.16. The van der Waals surface area contributed by atoms with Crippen LogP contribution in [-0.4, -0.2) is 46.9 Å². The van der Waals surface area contributed by atoms with E-state index in [4.69, 9.17) is 6.36 Å². The second-order valence-electron chi connectivity index (χ2n) is 8.61. The Balaban J connectivity index is 1.92. The molecule has 0 aliphatic carbocycles. The van der Waals surface area contributed by atoms with Gasteiger partial charge in [-0.25, -0.2) is 4.99 Å². The second kappa shape index (κ2) is 6.89. The lowest BCUT2D eigenvalue weighted by atomic mass is 9.88. The molecule has 2 aromatic rings. The summed E-state index contributed by atoms with van der Waals surface area (Å²) in [5, 5.41) is 4.64. The molecule has 1 saturated heterocycles. The molecule has 0 radical (unpaired) electrons. The Hall–Kier alpha value is -1.85. The number of likely N-dealkylation sites (N-methyl/N-ethyl adjacent to an activating group) is 1. The van der Waals surface area contributed by atoms with Crippen molar-refractivity contribution in [3.05, 3.63) is 39.7 Å². The zero-order valence-corrected chi connectivity index (χ0v) is 18.9. The summed E-state index contributed by atoms with van der Waals surface area (Å²) < 4.78 is 8.80. The van der Waals surface area contributed by atoms with Crippen LogP contribution in [0.4, 0.5) is 16.4 Å². The predicted molar refractivity (Wildman–Crippen MR) is 122 cm³/mol. The number of fused-ring (bicyclic) bond motifs is 2. The normalized spacial score (nSPS) is 22.0. The Morgan fingerprint density at radius 3 is 2.68 bits per heavy atom. The van der Waals surface area contributed by atoms with E-state index in [0.29, 0.717) is 12.1 Å². The van der Waals surface area contributed by atoms with Crippen LogP contribution in [0.1, 0.15) is 50.6 Å². The van der Waals surface area contributed by atoms with Gasteiger partial charge in [0.2, 0.25) is 0 Å². The van der Waals surface area contributed by atoms with Crippen molar-refractivity contribution in [3.63, 3.8) is 0 Å². The van der Waals surface area contributed by atoms with Crippen molar-refractivity contribution in [2.45, 2.75) is 60.0 Å². The van der Waals surface area contributed by atoms with Gasteiger partial charge in [-0.15, -0.1) is 11.3 Å². The van der Waals surface area contributed by atoms with Gasteiger partial charge in [-0.1, -0.05) is 6.92 Å². The first-order valence-corrected chi connectivity index (χ1v) is 11.1. The molecule has 1 fully saturated rings. The number of amidine groups is 1. The van der Waals surface area contributed by atoms with Crippen LogP contribution in [0, 0.1) is 20.8 Å². The minimum absolute atomic E-state index is 0.0864. The molecule has 3 heterocycles. The Bertz CT molecular complexity index is 991. The van der Waals surface area contributed by atoms with Crippen molar-refractivity contribution in [2.75, 3.05) is 25.0 Å². The molecule has 1 aromatic heterocycles. The predicted octanol–water partition coefficient (Wildman–Crippen LogP) is 5.61. The van der Waals surface area contributed by atoms with E-state index in [0.717, 1.165) is 52.3 Å². The Kier molecular flexibility index (Phi) is 4.48. The molecular weight excluding hydrogens is 364 g/mol. The average Bonchev–Trinajstić information content (AvgIpc) is 2.84. The number of nitrogens with zero attached hydrogens (tertiary/aromatic N) is 3. The fourth-order valence-electron chi connectivity index (χ4n) is 4.38. The van der Waals surface area contributed by atoms with Crippen molar-refractivity contribution in [1.29, 1.82) is 0 Å². The van der Waals surface area contributed by atoms with Gasteiger partial charge in [0.1, 0.15) is 10.8 Å². The van der Waals surface area contributed by atoms with Gasteiger partial charge in [-0.2, -0.15) is 0 Å². The molecule has 150 valence electrons. The summed E-state index contributed by atoms with van der Waals surface area (Å²) >= 11 is 1.66. The molecule has 0 saturated carbocycles. The van der Waals surface area contributed by atoms with Crippen molar-refractivity contribution in [2.24, 2.45) is 4.99 Å². The molecule has 1 aromatic carbocycles. The third kappa shape index (κ3) is 3.05. The van der Waals surface area contributed by atoms with Crippen LogP contribution >= 0.6 is 11.3 Å².